The van der Waals surface area contributed by atoms with Crippen molar-refractivity contribution in [2.45, 2.75) is 24.9 Å². The molecule has 0 saturated carbocycles. The summed E-state index contributed by atoms with van der Waals surface area (Å²) in [6.45, 7) is 1.01. The molecule has 3 aromatic rings. The summed E-state index contributed by atoms with van der Waals surface area (Å²) in [6, 6.07) is 11.0. The van der Waals surface area contributed by atoms with E-state index >= 15 is 0 Å². The summed E-state index contributed by atoms with van der Waals surface area (Å²) in [5.41, 5.74) is 0.340. The summed E-state index contributed by atoms with van der Waals surface area (Å²) in [4.78, 5) is 18.9. The fraction of sp³-hybridized carbons (Fsp3) is 0.250. The Morgan fingerprint density at radius 1 is 1.15 bits per heavy atom. The van der Waals surface area contributed by atoms with Crippen LogP contribution >= 0.6 is 27.3 Å². The first kappa shape index (κ1) is 23.6. The molecular formula is C24H19BrF4N2OS. The Morgan fingerprint density at radius 2 is 1.88 bits per heavy atom. The molecule has 9 heteroatoms. The molecule has 1 aromatic heterocycles. The average Bonchev–Trinajstić information content (AvgIpc) is 3.28. The smallest absolute Gasteiger partial charge is 0.339 e. The minimum atomic E-state index is -4.79. The Labute approximate surface area is 200 Å². The average molecular weight is 539 g/mol. The standard InChI is InChI=1S/C24H19BrF4N2OS/c25-18-5-1-4-17(13-18)20-14-33-23(30-20)16-9-11-31(12-10-16)21(32)8-7-15-3-2-6-19(22(15)26)24(27,28)29/h1-8,13-14,16H,9-12H2. The number of rotatable bonds is 4. The van der Waals surface area contributed by atoms with Crippen LogP contribution in [0, 0.1) is 5.82 Å². The minimum absolute atomic E-state index is 0.241. The summed E-state index contributed by atoms with van der Waals surface area (Å²) >= 11 is 5.07. The molecule has 0 spiro atoms. The zero-order valence-electron chi connectivity index (χ0n) is 17.3. The van der Waals surface area contributed by atoms with Crippen molar-refractivity contribution < 1.29 is 22.4 Å². The van der Waals surface area contributed by atoms with Crippen LogP contribution in [0.25, 0.3) is 17.3 Å². The fourth-order valence-electron chi connectivity index (χ4n) is 3.77. The second-order valence-electron chi connectivity index (χ2n) is 7.72. The lowest BCUT2D eigenvalue weighted by Crippen LogP contribution is -2.36. The molecule has 0 N–H and O–H groups in total. The molecule has 0 atom stereocenters. The predicted molar refractivity (Wildman–Crippen MR) is 124 cm³/mol. The van der Waals surface area contributed by atoms with Gasteiger partial charge in [0.25, 0.3) is 0 Å². The van der Waals surface area contributed by atoms with Crippen LogP contribution in [0.2, 0.25) is 0 Å². The summed E-state index contributed by atoms with van der Waals surface area (Å²) < 4.78 is 53.7. The number of hydrogen-bond acceptors (Lipinski definition) is 3. The topological polar surface area (TPSA) is 33.2 Å². The molecule has 0 aliphatic carbocycles. The predicted octanol–water partition coefficient (Wildman–Crippen LogP) is 7.15. The van der Waals surface area contributed by atoms with E-state index in [4.69, 9.17) is 4.98 Å². The van der Waals surface area contributed by atoms with Crippen molar-refractivity contribution in [1.82, 2.24) is 9.88 Å². The lowest BCUT2D eigenvalue weighted by atomic mass is 9.97. The SMILES string of the molecule is O=C(C=Cc1cccc(C(F)(F)F)c1F)N1CCC(c2nc(-c3cccc(Br)c3)cs2)CC1. The maximum Gasteiger partial charge on any atom is 0.419 e. The van der Waals surface area contributed by atoms with Gasteiger partial charge in [0.15, 0.2) is 0 Å². The first-order valence-corrected chi connectivity index (χ1v) is 11.9. The van der Waals surface area contributed by atoms with Gasteiger partial charge < -0.3 is 4.90 Å². The minimum Gasteiger partial charge on any atom is -0.339 e. The Kier molecular flexibility index (Phi) is 6.99. The summed E-state index contributed by atoms with van der Waals surface area (Å²) in [6.07, 6.45) is -1.07. The number of aromatic nitrogens is 1. The molecule has 2 aromatic carbocycles. The maximum absolute atomic E-state index is 14.1. The number of nitrogens with zero attached hydrogens (tertiary/aromatic N) is 2. The number of amides is 1. The third-order valence-corrected chi connectivity index (χ3v) is 7.04. The number of carbonyl (C=O) groups is 1. The van der Waals surface area contributed by atoms with E-state index in [-0.39, 0.29) is 17.4 Å². The number of halogens is 5. The van der Waals surface area contributed by atoms with Gasteiger partial charge in [-0.25, -0.2) is 9.37 Å². The molecule has 0 bridgehead atoms. The van der Waals surface area contributed by atoms with E-state index in [2.05, 4.69) is 15.9 Å². The fourth-order valence-corrected chi connectivity index (χ4v) is 5.17. The van der Waals surface area contributed by atoms with Crippen molar-refractivity contribution in [3.8, 4) is 11.3 Å². The number of alkyl halides is 3. The third kappa shape index (κ3) is 5.52. The van der Waals surface area contributed by atoms with Crippen molar-refractivity contribution in [1.29, 1.82) is 0 Å². The number of hydrogen-bond donors (Lipinski definition) is 0. The zero-order chi connectivity index (χ0) is 23.6. The van der Waals surface area contributed by atoms with Crippen LogP contribution < -0.4 is 0 Å². The van der Waals surface area contributed by atoms with Crippen molar-refractivity contribution in [3.63, 3.8) is 0 Å². The highest BCUT2D eigenvalue weighted by atomic mass is 79.9. The quantitative estimate of drug-likeness (QED) is 0.261. The zero-order valence-corrected chi connectivity index (χ0v) is 19.7. The van der Waals surface area contributed by atoms with Gasteiger partial charge in [-0.3, -0.25) is 4.79 Å². The molecule has 4 rings (SSSR count). The molecule has 3 nitrogen and oxygen atoms in total. The van der Waals surface area contributed by atoms with Crippen LogP contribution in [-0.2, 0) is 11.0 Å². The van der Waals surface area contributed by atoms with E-state index in [0.29, 0.717) is 19.2 Å². The molecule has 0 unspecified atom stereocenters. The molecule has 1 aliphatic rings. The van der Waals surface area contributed by atoms with Crippen LogP contribution in [0.15, 0.2) is 58.4 Å². The first-order chi connectivity index (χ1) is 15.7. The van der Waals surface area contributed by atoms with Crippen LogP contribution in [0.4, 0.5) is 17.6 Å². The molecule has 1 aliphatic heterocycles. The van der Waals surface area contributed by atoms with E-state index in [1.807, 2.05) is 29.6 Å². The molecule has 1 amide bonds. The Balaban J connectivity index is 1.37. The first-order valence-electron chi connectivity index (χ1n) is 10.3. The number of carbonyl (C=O) groups excluding carboxylic acids is 1. The number of thiazole rings is 1. The van der Waals surface area contributed by atoms with Crippen molar-refractivity contribution in [2.75, 3.05) is 13.1 Å². The van der Waals surface area contributed by atoms with Crippen molar-refractivity contribution in [3.05, 3.63) is 80.3 Å². The van der Waals surface area contributed by atoms with Gasteiger partial charge >= 0.3 is 6.18 Å². The second kappa shape index (κ2) is 9.77. The van der Waals surface area contributed by atoms with Gasteiger partial charge in [-0.15, -0.1) is 11.3 Å². The lowest BCUT2D eigenvalue weighted by molar-refractivity contribution is -0.140. The van der Waals surface area contributed by atoms with E-state index in [9.17, 15) is 22.4 Å². The van der Waals surface area contributed by atoms with Crippen LogP contribution in [0.3, 0.4) is 0 Å². The monoisotopic (exact) mass is 538 g/mol. The lowest BCUT2D eigenvalue weighted by Gasteiger charge is -2.30. The van der Waals surface area contributed by atoms with Crippen LogP contribution in [0.1, 0.15) is 34.9 Å². The molecule has 0 radical (unpaired) electrons. The van der Waals surface area contributed by atoms with Gasteiger partial charge in [0, 0.05) is 46.1 Å². The Morgan fingerprint density at radius 3 is 2.58 bits per heavy atom. The van der Waals surface area contributed by atoms with Crippen LogP contribution in [0.5, 0.6) is 0 Å². The molecule has 2 heterocycles. The number of likely N-dealkylation sites (tertiary alicyclic amines) is 1. The highest BCUT2D eigenvalue weighted by molar-refractivity contribution is 9.10. The van der Waals surface area contributed by atoms with Crippen molar-refractivity contribution >= 4 is 39.2 Å². The molecule has 1 saturated heterocycles. The van der Waals surface area contributed by atoms with E-state index < -0.39 is 17.6 Å². The molecule has 33 heavy (non-hydrogen) atoms. The highest BCUT2D eigenvalue weighted by Gasteiger charge is 2.34. The normalized spacial score (nSPS) is 15.4. The van der Waals surface area contributed by atoms with Gasteiger partial charge in [0.2, 0.25) is 5.91 Å². The molecule has 1 fully saturated rings. The van der Waals surface area contributed by atoms with E-state index in [1.54, 1.807) is 16.2 Å². The highest BCUT2D eigenvalue weighted by Crippen LogP contribution is 2.34. The largest absolute Gasteiger partial charge is 0.419 e. The van der Waals surface area contributed by atoms with Gasteiger partial charge in [-0.05, 0) is 37.1 Å². The van der Waals surface area contributed by atoms with Gasteiger partial charge in [-0.1, -0.05) is 40.2 Å². The van der Waals surface area contributed by atoms with Crippen LogP contribution in [-0.4, -0.2) is 28.9 Å². The summed E-state index contributed by atoms with van der Waals surface area (Å²) in [7, 11) is 0. The summed E-state index contributed by atoms with van der Waals surface area (Å²) in [5, 5.41) is 3.06. The number of benzene rings is 2. The molecular weight excluding hydrogens is 520 g/mol. The second-order valence-corrected chi connectivity index (χ2v) is 9.53. The number of piperidine rings is 1. The van der Waals surface area contributed by atoms with E-state index in [1.165, 1.54) is 6.07 Å². The van der Waals surface area contributed by atoms with E-state index in [0.717, 1.165) is 51.8 Å². The maximum atomic E-state index is 14.1. The van der Waals surface area contributed by atoms with Gasteiger partial charge in [-0.2, -0.15) is 13.2 Å². The molecule has 172 valence electrons. The van der Waals surface area contributed by atoms with Gasteiger partial charge in [0.05, 0.1) is 16.3 Å². The van der Waals surface area contributed by atoms with Gasteiger partial charge in [0.1, 0.15) is 5.82 Å². The third-order valence-electron chi connectivity index (χ3n) is 5.54. The Bertz CT molecular complexity index is 1180. The Hall–Kier alpha value is -2.52. The summed E-state index contributed by atoms with van der Waals surface area (Å²) in [5.74, 6) is -1.48. The van der Waals surface area contributed by atoms with Crippen molar-refractivity contribution in [2.24, 2.45) is 0 Å².